The van der Waals surface area contributed by atoms with Crippen molar-refractivity contribution in [2.24, 2.45) is 5.92 Å². The van der Waals surface area contributed by atoms with E-state index in [1.165, 1.54) is 13.2 Å². The molecule has 8 heteroatoms. The smallest absolute Gasteiger partial charge is 0.413 e. The Kier molecular flexibility index (Phi) is 11.5. The van der Waals surface area contributed by atoms with Crippen molar-refractivity contribution < 1.29 is 28.6 Å². The zero-order valence-electron chi connectivity index (χ0n) is 25.2. The van der Waals surface area contributed by atoms with Crippen molar-refractivity contribution in [3.05, 3.63) is 77.9 Å². The maximum absolute atomic E-state index is 13.2. The van der Waals surface area contributed by atoms with Gasteiger partial charge in [-0.3, -0.25) is 15.0 Å². The first-order valence-electron chi connectivity index (χ1n) is 13.5. The van der Waals surface area contributed by atoms with E-state index in [9.17, 15) is 14.4 Å². The van der Waals surface area contributed by atoms with Crippen molar-refractivity contribution in [1.82, 2.24) is 4.90 Å². The third-order valence-electron chi connectivity index (χ3n) is 5.57. The van der Waals surface area contributed by atoms with Gasteiger partial charge >= 0.3 is 12.2 Å². The molecule has 3 rings (SSSR count). The molecule has 1 unspecified atom stereocenters. The molecule has 8 nitrogen and oxygen atoms in total. The molecular formula is C32H44N2O6. The average molecular weight is 553 g/mol. The fourth-order valence-corrected chi connectivity index (χ4v) is 4.02. The van der Waals surface area contributed by atoms with E-state index in [0.717, 1.165) is 17.0 Å². The lowest BCUT2D eigenvalue weighted by Gasteiger charge is -2.34. The summed E-state index contributed by atoms with van der Waals surface area (Å²) in [6, 6.07) is 16.0. The van der Waals surface area contributed by atoms with Gasteiger partial charge in [-0.1, -0.05) is 69.3 Å². The topological polar surface area (TPSA) is 94.2 Å². The van der Waals surface area contributed by atoms with Gasteiger partial charge in [-0.2, -0.15) is 0 Å². The van der Waals surface area contributed by atoms with Gasteiger partial charge < -0.3 is 14.2 Å². The highest BCUT2D eigenvalue weighted by molar-refractivity contribution is 5.91. The Morgan fingerprint density at radius 2 is 1.60 bits per heavy atom. The molecule has 1 saturated heterocycles. The Morgan fingerprint density at radius 1 is 1.02 bits per heavy atom. The van der Waals surface area contributed by atoms with Crippen molar-refractivity contribution in [2.75, 3.05) is 12.4 Å². The zero-order valence-corrected chi connectivity index (χ0v) is 25.2. The third-order valence-corrected chi connectivity index (χ3v) is 5.57. The number of hydrogen-bond acceptors (Lipinski definition) is 6. The highest BCUT2D eigenvalue weighted by Crippen LogP contribution is 2.42. The van der Waals surface area contributed by atoms with Gasteiger partial charge in [0, 0.05) is 12.1 Å². The van der Waals surface area contributed by atoms with Gasteiger partial charge in [0.1, 0.15) is 17.4 Å². The molecule has 1 heterocycles. The van der Waals surface area contributed by atoms with Gasteiger partial charge in [0.2, 0.25) is 0 Å². The highest BCUT2D eigenvalue weighted by atomic mass is 16.6. The summed E-state index contributed by atoms with van der Waals surface area (Å²) >= 11 is 0. The van der Waals surface area contributed by atoms with Crippen LogP contribution in [0.2, 0.25) is 0 Å². The van der Waals surface area contributed by atoms with Crippen LogP contribution in [-0.2, 0) is 25.4 Å². The maximum atomic E-state index is 13.2. The van der Waals surface area contributed by atoms with Crippen LogP contribution in [-0.4, -0.2) is 47.3 Å². The predicted molar refractivity (Wildman–Crippen MR) is 157 cm³/mol. The number of anilines is 1. The molecule has 0 bridgehead atoms. The Labute approximate surface area is 238 Å². The summed E-state index contributed by atoms with van der Waals surface area (Å²) in [5.41, 5.74) is 0.608. The van der Waals surface area contributed by atoms with Crippen LogP contribution in [0.5, 0.6) is 0 Å². The predicted octanol–water partition coefficient (Wildman–Crippen LogP) is 7.31. The Bertz CT molecular complexity index is 1150. The number of carbonyl (C=O) groups is 3. The molecule has 0 aromatic heterocycles. The first-order chi connectivity index (χ1) is 18.6. The minimum atomic E-state index is -0.955. The number of rotatable bonds is 6. The van der Waals surface area contributed by atoms with Crippen molar-refractivity contribution >= 4 is 23.7 Å². The van der Waals surface area contributed by atoms with Crippen LogP contribution in [0.1, 0.15) is 72.6 Å². The number of carbonyl (C=O) groups excluding carboxylic acids is 3. The summed E-state index contributed by atoms with van der Waals surface area (Å²) in [6.45, 7) is 15.6. The van der Waals surface area contributed by atoms with Crippen molar-refractivity contribution in [2.45, 2.75) is 85.3 Å². The largest absolute Gasteiger partial charge is 0.453 e. The average Bonchev–Trinajstić information content (AvgIpc) is 3.13. The van der Waals surface area contributed by atoms with Crippen LogP contribution in [0.4, 0.5) is 15.3 Å². The summed E-state index contributed by atoms with van der Waals surface area (Å²) in [5, 5.41) is 2.57. The van der Waals surface area contributed by atoms with E-state index in [0.29, 0.717) is 5.69 Å². The number of methoxy groups -OCH3 is 1. The number of nitrogens with one attached hydrogen (secondary N) is 1. The summed E-state index contributed by atoms with van der Waals surface area (Å²) in [5.74, 6) is 0.698. The van der Waals surface area contributed by atoms with Gasteiger partial charge in [0.05, 0.1) is 13.2 Å². The number of amides is 2. The monoisotopic (exact) mass is 552 g/mol. The second kappa shape index (κ2) is 14.1. The maximum Gasteiger partial charge on any atom is 0.413 e. The normalized spacial score (nSPS) is 18.2. The van der Waals surface area contributed by atoms with Crippen LogP contribution in [0.3, 0.4) is 0 Å². The second-order valence-electron chi connectivity index (χ2n) is 11.8. The van der Waals surface area contributed by atoms with E-state index in [2.05, 4.69) is 30.8 Å². The quantitative estimate of drug-likeness (QED) is 0.378. The molecule has 0 aliphatic carbocycles. The Morgan fingerprint density at radius 3 is 2.12 bits per heavy atom. The van der Waals surface area contributed by atoms with E-state index in [4.69, 9.17) is 9.47 Å². The van der Waals surface area contributed by atoms with Crippen molar-refractivity contribution in [3.63, 3.8) is 0 Å². The molecule has 0 saturated carbocycles. The molecule has 2 aromatic carbocycles. The van der Waals surface area contributed by atoms with Crippen LogP contribution < -0.4 is 5.32 Å². The first-order valence-corrected chi connectivity index (χ1v) is 13.5. The lowest BCUT2D eigenvalue weighted by molar-refractivity contribution is -0.114. The number of hydrogen-bond donors (Lipinski definition) is 1. The number of benzene rings is 2. The fraction of sp³-hybridized carbons (Fsp3) is 0.469. The molecular weight excluding hydrogens is 508 g/mol. The number of nitrogens with zero attached hydrogens (tertiary/aromatic N) is 1. The lowest BCUT2D eigenvalue weighted by Crippen LogP contribution is -2.49. The van der Waals surface area contributed by atoms with E-state index in [1.54, 1.807) is 35.2 Å². The summed E-state index contributed by atoms with van der Waals surface area (Å²) < 4.78 is 16.6. The fourth-order valence-electron chi connectivity index (χ4n) is 4.02. The molecule has 218 valence electrons. The first kappa shape index (κ1) is 32.6. The summed E-state index contributed by atoms with van der Waals surface area (Å²) in [4.78, 5) is 38.9. The molecule has 1 fully saturated rings. The Hall–Kier alpha value is -3.65. The van der Waals surface area contributed by atoms with Crippen LogP contribution >= 0.6 is 0 Å². The lowest BCUT2D eigenvalue weighted by atomic mass is 10.0. The third kappa shape index (κ3) is 10.2. The van der Waals surface area contributed by atoms with Crippen LogP contribution in [0, 0.1) is 5.92 Å². The molecule has 1 aliphatic rings. The van der Waals surface area contributed by atoms with Crippen LogP contribution in [0.25, 0.3) is 0 Å². The van der Waals surface area contributed by atoms with Crippen molar-refractivity contribution in [3.8, 4) is 0 Å². The van der Waals surface area contributed by atoms with Gasteiger partial charge in [0.25, 0.3) is 0 Å². The number of allylic oxidation sites excluding steroid dienone is 1. The molecule has 1 N–H and O–H groups in total. The minimum absolute atomic E-state index is 0.135. The van der Waals surface area contributed by atoms with E-state index >= 15 is 0 Å². The van der Waals surface area contributed by atoms with Gasteiger partial charge in [-0.05, 0) is 69.9 Å². The molecule has 0 spiro atoms. The minimum Gasteiger partial charge on any atom is -0.453 e. The van der Waals surface area contributed by atoms with Crippen LogP contribution in [0.15, 0.2) is 66.7 Å². The molecule has 0 radical (unpaired) electrons. The molecule has 2 atom stereocenters. The molecule has 2 amide bonds. The summed E-state index contributed by atoms with van der Waals surface area (Å²) in [7, 11) is 1.29. The van der Waals surface area contributed by atoms with Gasteiger partial charge in [0.15, 0.2) is 5.78 Å². The van der Waals surface area contributed by atoms with Gasteiger partial charge in [-0.15, -0.1) is 0 Å². The van der Waals surface area contributed by atoms with Gasteiger partial charge in [-0.25, -0.2) is 9.59 Å². The molecule has 1 aliphatic heterocycles. The standard InChI is InChI=1S/C28H34N2O6.C4H10/c1-27(2,3)36-26(33)30-23(24(35-28(30,4)5)20-10-8-7-9-11-20)17-16-22(31)18-19-12-14-21(15-13-19)29-25(32)34-6;1-4(2)3/h7-17,23-24H,18H2,1-6H3,(H,29,32);4H,1-3H3/b17-16+;/t23-,24?;/m1./s1. The van der Waals surface area contributed by atoms with E-state index in [1.807, 2.05) is 65.0 Å². The molecule has 40 heavy (non-hydrogen) atoms. The van der Waals surface area contributed by atoms with E-state index < -0.39 is 35.7 Å². The zero-order chi connectivity index (χ0) is 30.1. The number of ether oxygens (including phenoxy) is 3. The second-order valence-corrected chi connectivity index (χ2v) is 11.8. The SMILES string of the molecule is CC(C)C.COC(=O)Nc1ccc(CC(=O)/C=C/[C@@H]2C(c3ccccc3)OC(C)(C)N2C(=O)OC(C)(C)C)cc1. The number of ketones is 1. The Balaban J connectivity index is 0.00000131. The molecule has 2 aromatic rings. The summed E-state index contributed by atoms with van der Waals surface area (Å²) in [6.07, 6.45) is 1.82. The van der Waals surface area contributed by atoms with E-state index in [-0.39, 0.29) is 12.2 Å². The van der Waals surface area contributed by atoms with Crippen molar-refractivity contribution in [1.29, 1.82) is 0 Å². The highest BCUT2D eigenvalue weighted by Gasteiger charge is 2.50.